The Morgan fingerprint density at radius 1 is 1.00 bits per heavy atom. The highest BCUT2D eigenvalue weighted by Gasteiger charge is 2.13. The highest BCUT2D eigenvalue weighted by atomic mass is 79.9. The zero-order chi connectivity index (χ0) is 14.0. The highest BCUT2D eigenvalue weighted by Crippen LogP contribution is 2.31. The van der Waals surface area contributed by atoms with Crippen LogP contribution in [-0.2, 0) is 6.42 Å². The van der Waals surface area contributed by atoms with E-state index in [0.29, 0.717) is 0 Å². The average molecular weight is 338 g/mol. The van der Waals surface area contributed by atoms with E-state index in [1.165, 1.54) is 27.8 Å². The molecule has 100 valence electrons. The number of benzene rings is 2. The number of rotatable bonds is 3. The van der Waals surface area contributed by atoms with Crippen LogP contribution in [0.3, 0.4) is 0 Å². The molecule has 0 fully saturated rings. The van der Waals surface area contributed by atoms with Crippen LogP contribution in [0.4, 0.5) is 0 Å². The zero-order valence-corrected chi connectivity index (χ0v) is 13.8. The molecule has 0 heterocycles. The molecule has 19 heavy (non-hydrogen) atoms. The minimum Gasteiger partial charge on any atom is -0.117 e. The van der Waals surface area contributed by atoms with Crippen molar-refractivity contribution < 1.29 is 0 Å². The fourth-order valence-corrected chi connectivity index (χ4v) is 3.05. The number of aryl methyl sites for hydroxylation is 3. The van der Waals surface area contributed by atoms with Gasteiger partial charge in [0.15, 0.2) is 0 Å². The smallest absolute Gasteiger partial charge is 0.0628 e. The van der Waals surface area contributed by atoms with Gasteiger partial charge in [-0.3, -0.25) is 0 Å². The van der Waals surface area contributed by atoms with Crippen molar-refractivity contribution in [2.24, 2.45) is 0 Å². The standard InChI is InChI=1S/C17H18BrCl/c1-11-4-5-12(2)14(8-11)9-17(19)16-10-15(18)7-6-13(16)3/h4-8,10,17H,9H2,1-3H3. The third kappa shape index (κ3) is 3.61. The summed E-state index contributed by atoms with van der Waals surface area (Å²) in [5, 5.41) is 0.0120. The maximum Gasteiger partial charge on any atom is 0.0628 e. The summed E-state index contributed by atoms with van der Waals surface area (Å²) in [6.07, 6.45) is 0.867. The fourth-order valence-electron chi connectivity index (χ4n) is 2.27. The van der Waals surface area contributed by atoms with E-state index in [0.717, 1.165) is 10.9 Å². The summed E-state index contributed by atoms with van der Waals surface area (Å²) >= 11 is 10.1. The normalized spacial score (nSPS) is 12.5. The topological polar surface area (TPSA) is 0 Å². The van der Waals surface area contributed by atoms with Crippen LogP contribution >= 0.6 is 27.5 Å². The van der Waals surface area contributed by atoms with Crippen LogP contribution in [0.2, 0.25) is 0 Å². The van der Waals surface area contributed by atoms with Gasteiger partial charge in [0.1, 0.15) is 0 Å². The van der Waals surface area contributed by atoms with Crippen molar-refractivity contribution in [2.75, 3.05) is 0 Å². The van der Waals surface area contributed by atoms with Gasteiger partial charge in [-0.2, -0.15) is 0 Å². The first-order valence-electron chi connectivity index (χ1n) is 6.43. The largest absolute Gasteiger partial charge is 0.117 e. The van der Waals surface area contributed by atoms with Gasteiger partial charge in [-0.1, -0.05) is 45.8 Å². The zero-order valence-electron chi connectivity index (χ0n) is 11.5. The van der Waals surface area contributed by atoms with E-state index < -0.39 is 0 Å². The lowest BCUT2D eigenvalue weighted by Crippen LogP contribution is -2.00. The molecule has 1 unspecified atom stereocenters. The van der Waals surface area contributed by atoms with Gasteiger partial charge in [0.25, 0.3) is 0 Å². The van der Waals surface area contributed by atoms with Crippen molar-refractivity contribution in [3.8, 4) is 0 Å². The molecule has 0 aliphatic heterocycles. The molecule has 1 atom stereocenters. The summed E-state index contributed by atoms with van der Waals surface area (Å²) in [5.74, 6) is 0. The van der Waals surface area contributed by atoms with Crippen molar-refractivity contribution in [3.63, 3.8) is 0 Å². The Bertz CT molecular complexity index is 590. The second-order valence-electron chi connectivity index (χ2n) is 5.10. The molecule has 2 heteroatoms. The van der Waals surface area contributed by atoms with Gasteiger partial charge >= 0.3 is 0 Å². The molecule has 0 saturated carbocycles. The fraction of sp³-hybridized carbons (Fsp3) is 0.294. The molecule has 0 aromatic heterocycles. The lowest BCUT2D eigenvalue weighted by Gasteiger charge is -2.15. The summed E-state index contributed by atoms with van der Waals surface area (Å²) in [4.78, 5) is 0. The van der Waals surface area contributed by atoms with E-state index >= 15 is 0 Å². The first kappa shape index (κ1) is 14.6. The summed E-state index contributed by atoms with van der Waals surface area (Å²) in [7, 11) is 0. The highest BCUT2D eigenvalue weighted by molar-refractivity contribution is 9.10. The maximum atomic E-state index is 6.62. The Morgan fingerprint density at radius 2 is 1.68 bits per heavy atom. The molecule has 0 N–H and O–H groups in total. The van der Waals surface area contributed by atoms with E-state index in [2.05, 4.69) is 73.1 Å². The van der Waals surface area contributed by atoms with E-state index in [-0.39, 0.29) is 5.38 Å². The molecule has 2 rings (SSSR count). The number of hydrogen-bond donors (Lipinski definition) is 0. The van der Waals surface area contributed by atoms with Crippen LogP contribution in [0.15, 0.2) is 40.9 Å². The molecule has 0 bridgehead atoms. The second-order valence-corrected chi connectivity index (χ2v) is 6.55. The Labute approximate surface area is 128 Å². The number of halogens is 2. The van der Waals surface area contributed by atoms with Gasteiger partial charge in [-0.15, -0.1) is 11.6 Å². The van der Waals surface area contributed by atoms with Gasteiger partial charge in [-0.05, 0) is 61.6 Å². The SMILES string of the molecule is Cc1ccc(C)c(CC(Cl)c2cc(Br)ccc2C)c1. The Balaban J connectivity index is 2.27. The summed E-state index contributed by atoms with van der Waals surface area (Å²) < 4.78 is 1.08. The Morgan fingerprint density at radius 3 is 2.42 bits per heavy atom. The monoisotopic (exact) mass is 336 g/mol. The van der Waals surface area contributed by atoms with Crippen LogP contribution in [0.5, 0.6) is 0 Å². The van der Waals surface area contributed by atoms with Crippen LogP contribution in [0, 0.1) is 20.8 Å². The Hall–Kier alpha value is -0.790. The third-order valence-corrected chi connectivity index (χ3v) is 4.37. The van der Waals surface area contributed by atoms with Crippen molar-refractivity contribution in [2.45, 2.75) is 32.6 Å². The number of hydrogen-bond acceptors (Lipinski definition) is 0. The molecule has 2 aromatic rings. The van der Waals surface area contributed by atoms with E-state index in [1.807, 2.05) is 0 Å². The lowest BCUT2D eigenvalue weighted by molar-refractivity contribution is 0.899. The van der Waals surface area contributed by atoms with Crippen molar-refractivity contribution in [3.05, 3.63) is 68.7 Å². The molecule has 0 radical (unpaired) electrons. The van der Waals surface area contributed by atoms with Gasteiger partial charge in [-0.25, -0.2) is 0 Å². The molecule has 0 aliphatic rings. The molecule has 2 aromatic carbocycles. The molecule has 0 aliphatic carbocycles. The number of alkyl halides is 1. The van der Waals surface area contributed by atoms with Crippen molar-refractivity contribution in [1.29, 1.82) is 0 Å². The molecule has 0 amide bonds. The molecular formula is C17H18BrCl. The van der Waals surface area contributed by atoms with Crippen LogP contribution in [0.1, 0.15) is 33.2 Å². The van der Waals surface area contributed by atoms with Gasteiger partial charge in [0, 0.05) is 4.47 Å². The van der Waals surface area contributed by atoms with Gasteiger partial charge < -0.3 is 0 Å². The van der Waals surface area contributed by atoms with Gasteiger partial charge in [0.05, 0.1) is 5.38 Å². The van der Waals surface area contributed by atoms with Crippen molar-refractivity contribution in [1.82, 2.24) is 0 Å². The summed E-state index contributed by atoms with van der Waals surface area (Å²) in [5.41, 5.74) is 6.38. The van der Waals surface area contributed by atoms with E-state index in [9.17, 15) is 0 Å². The average Bonchev–Trinajstić information content (AvgIpc) is 2.36. The molecule has 0 saturated heterocycles. The second kappa shape index (κ2) is 6.11. The quantitative estimate of drug-likeness (QED) is 0.612. The van der Waals surface area contributed by atoms with E-state index in [1.54, 1.807) is 0 Å². The van der Waals surface area contributed by atoms with Crippen LogP contribution < -0.4 is 0 Å². The van der Waals surface area contributed by atoms with Crippen molar-refractivity contribution >= 4 is 27.5 Å². The maximum absolute atomic E-state index is 6.62. The molecule has 0 spiro atoms. The minimum absolute atomic E-state index is 0.0120. The molecule has 0 nitrogen and oxygen atoms in total. The van der Waals surface area contributed by atoms with E-state index in [4.69, 9.17) is 11.6 Å². The predicted octanol–water partition coefficient (Wildman–Crippen LogP) is 5.90. The summed E-state index contributed by atoms with van der Waals surface area (Å²) in [6.45, 7) is 6.38. The van der Waals surface area contributed by atoms with Crippen LogP contribution in [-0.4, -0.2) is 0 Å². The summed E-state index contributed by atoms with van der Waals surface area (Å²) in [6, 6.07) is 12.8. The van der Waals surface area contributed by atoms with Crippen LogP contribution in [0.25, 0.3) is 0 Å². The minimum atomic E-state index is 0.0120. The molecular weight excluding hydrogens is 320 g/mol. The first-order valence-corrected chi connectivity index (χ1v) is 7.66. The predicted molar refractivity (Wildman–Crippen MR) is 87.1 cm³/mol. The van der Waals surface area contributed by atoms with Gasteiger partial charge in [0.2, 0.25) is 0 Å². The lowest BCUT2D eigenvalue weighted by atomic mass is 9.96. The first-order chi connectivity index (χ1) is 8.97. The Kier molecular flexibility index (Phi) is 4.70. The third-order valence-electron chi connectivity index (χ3n) is 3.48.